The third kappa shape index (κ3) is 1.93. The number of rotatable bonds is 3. The Hall–Kier alpha value is -1.78. The van der Waals surface area contributed by atoms with Crippen LogP contribution in [0.25, 0.3) is 0 Å². The maximum absolute atomic E-state index is 12.6. The fraction of sp³-hybridized carbons (Fsp3) is 0.364. The monoisotopic (exact) mass is 225 g/mol. The molecule has 5 heteroatoms. The van der Waals surface area contributed by atoms with Crippen LogP contribution >= 0.6 is 0 Å². The summed E-state index contributed by atoms with van der Waals surface area (Å²) < 4.78 is 17.6. The average Bonchev–Trinajstić information content (AvgIpc) is 2.93. The van der Waals surface area contributed by atoms with Crippen molar-refractivity contribution >= 4 is 5.91 Å². The Kier molecular flexibility index (Phi) is 2.68. The normalized spacial score (nSPS) is 22.6. The number of carbonyl (C=O) groups is 1. The van der Waals surface area contributed by atoms with Crippen LogP contribution < -0.4 is 10.1 Å². The van der Waals surface area contributed by atoms with Gasteiger partial charge in [-0.25, -0.2) is 4.39 Å². The smallest absolute Gasteiger partial charge is 0.259 e. The lowest BCUT2D eigenvalue weighted by molar-refractivity contribution is 0.0941. The largest absolute Gasteiger partial charge is 0.507 e. The number of phenols is 1. The van der Waals surface area contributed by atoms with Crippen LogP contribution in [0.5, 0.6) is 11.5 Å². The first-order chi connectivity index (χ1) is 7.63. The summed E-state index contributed by atoms with van der Waals surface area (Å²) >= 11 is 0. The molecule has 0 aliphatic heterocycles. The van der Waals surface area contributed by atoms with Gasteiger partial charge < -0.3 is 15.2 Å². The minimum absolute atomic E-state index is 0.0455. The van der Waals surface area contributed by atoms with Crippen LogP contribution in [0, 0.1) is 0 Å². The van der Waals surface area contributed by atoms with Crippen molar-refractivity contribution in [1.29, 1.82) is 0 Å². The van der Waals surface area contributed by atoms with Crippen LogP contribution in [0.1, 0.15) is 16.8 Å². The number of alkyl halides is 1. The fourth-order valence-electron chi connectivity index (χ4n) is 1.47. The van der Waals surface area contributed by atoms with Gasteiger partial charge in [0.05, 0.1) is 13.2 Å². The molecule has 0 unspecified atom stereocenters. The maximum Gasteiger partial charge on any atom is 0.259 e. The van der Waals surface area contributed by atoms with E-state index in [0.29, 0.717) is 6.42 Å². The Morgan fingerprint density at radius 1 is 1.62 bits per heavy atom. The van der Waals surface area contributed by atoms with Gasteiger partial charge in [0.15, 0.2) is 0 Å². The van der Waals surface area contributed by atoms with E-state index in [1.165, 1.54) is 13.2 Å². The van der Waals surface area contributed by atoms with Gasteiger partial charge in [-0.1, -0.05) is 6.07 Å². The summed E-state index contributed by atoms with van der Waals surface area (Å²) in [5.41, 5.74) is 0.0455. The minimum atomic E-state index is -0.971. The van der Waals surface area contributed by atoms with Crippen LogP contribution in [0.4, 0.5) is 4.39 Å². The number of benzene rings is 1. The molecule has 1 aliphatic rings. The van der Waals surface area contributed by atoms with Crippen LogP contribution in [0.15, 0.2) is 18.2 Å². The molecule has 1 aliphatic carbocycles. The number of aromatic hydroxyl groups is 1. The zero-order valence-corrected chi connectivity index (χ0v) is 8.74. The number of carbonyl (C=O) groups excluding carboxylic acids is 1. The van der Waals surface area contributed by atoms with Gasteiger partial charge >= 0.3 is 0 Å². The van der Waals surface area contributed by atoms with Crippen LogP contribution in [0.3, 0.4) is 0 Å². The molecule has 16 heavy (non-hydrogen) atoms. The molecule has 1 amide bonds. The summed E-state index contributed by atoms with van der Waals surface area (Å²) in [6.45, 7) is 0. The SMILES string of the molecule is COc1cccc(O)c1C(=O)N[C@@H]1C[C@@H]1F. The molecule has 2 rings (SSSR count). The first-order valence-electron chi connectivity index (χ1n) is 4.94. The number of phenolic OH excluding ortho intramolecular Hbond substituents is 1. The number of methoxy groups -OCH3 is 1. The molecule has 0 saturated heterocycles. The van der Waals surface area contributed by atoms with Gasteiger partial charge in [0, 0.05) is 6.42 Å². The lowest BCUT2D eigenvalue weighted by Gasteiger charge is -2.09. The topological polar surface area (TPSA) is 58.6 Å². The maximum atomic E-state index is 12.6. The molecule has 1 saturated carbocycles. The van der Waals surface area contributed by atoms with Crippen molar-refractivity contribution in [2.24, 2.45) is 0 Å². The third-order valence-electron chi connectivity index (χ3n) is 2.48. The second kappa shape index (κ2) is 4.00. The van der Waals surface area contributed by atoms with Gasteiger partial charge in [-0.3, -0.25) is 4.79 Å². The minimum Gasteiger partial charge on any atom is -0.507 e. The molecule has 0 heterocycles. The van der Waals surface area contributed by atoms with Crippen LogP contribution in [-0.4, -0.2) is 30.3 Å². The third-order valence-corrected chi connectivity index (χ3v) is 2.48. The van der Waals surface area contributed by atoms with Gasteiger partial charge in [0.2, 0.25) is 0 Å². The molecule has 0 radical (unpaired) electrons. The molecular formula is C11H12FNO3. The predicted molar refractivity (Wildman–Crippen MR) is 55.4 cm³/mol. The lowest BCUT2D eigenvalue weighted by Crippen LogP contribution is -2.27. The second-order valence-corrected chi connectivity index (χ2v) is 3.69. The van der Waals surface area contributed by atoms with Gasteiger partial charge in [-0.05, 0) is 12.1 Å². The van der Waals surface area contributed by atoms with Crippen molar-refractivity contribution in [3.63, 3.8) is 0 Å². The van der Waals surface area contributed by atoms with E-state index in [9.17, 15) is 14.3 Å². The van der Waals surface area contributed by atoms with Gasteiger partial charge in [0.1, 0.15) is 23.2 Å². The zero-order chi connectivity index (χ0) is 11.7. The molecule has 0 spiro atoms. The first-order valence-corrected chi connectivity index (χ1v) is 4.94. The molecule has 1 aromatic carbocycles. The number of halogens is 1. The molecular weight excluding hydrogens is 213 g/mol. The Morgan fingerprint density at radius 2 is 2.31 bits per heavy atom. The Balaban J connectivity index is 2.21. The van der Waals surface area contributed by atoms with Gasteiger partial charge in [0.25, 0.3) is 5.91 Å². The predicted octanol–water partition coefficient (Wildman–Crippen LogP) is 1.24. The summed E-state index contributed by atoms with van der Waals surface area (Å²) in [4.78, 5) is 11.7. The quantitative estimate of drug-likeness (QED) is 0.813. The van der Waals surface area contributed by atoms with E-state index in [-0.39, 0.29) is 17.1 Å². The lowest BCUT2D eigenvalue weighted by atomic mass is 10.1. The number of ether oxygens (including phenoxy) is 1. The summed E-state index contributed by atoms with van der Waals surface area (Å²) in [5, 5.41) is 12.0. The van der Waals surface area contributed by atoms with E-state index >= 15 is 0 Å². The highest BCUT2D eigenvalue weighted by atomic mass is 19.1. The van der Waals surface area contributed by atoms with E-state index < -0.39 is 18.1 Å². The highest BCUT2D eigenvalue weighted by Crippen LogP contribution is 2.30. The summed E-state index contributed by atoms with van der Waals surface area (Å²) in [6.07, 6.45) is -0.637. The zero-order valence-electron chi connectivity index (χ0n) is 8.74. The number of hydrogen-bond donors (Lipinski definition) is 2. The molecule has 2 atom stereocenters. The highest BCUT2D eigenvalue weighted by Gasteiger charge is 2.39. The molecule has 4 nitrogen and oxygen atoms in total. The van der Waals surface area contributed by atoms with Crippen molar-refractivity contribution in [3.8, 4) is 11.5 Å². The van der Waals surface area contributed by atoms with Gasteiger partial charge in [-0.15, -0.1) is 0 Å². The van der Waals surface area contributed by atoms with E-state index in [1.54, 1.807) is 12.1 Å². The molecule has 86 valence electrons. The molecule has 1 aromatic rings. The summed E-state index contributed by atoms with van der Waals surface area (Å²) in [5.74, 6) is -0.415. The fourth-order valence-corrected chi connectivity index (χ4v) is 1.47. The standard InChI is InChI=1S/C11H12FNO3/c1-16-9-4-2-3-8(14)10(9)11(15)13-7-5-6(7)12/h2-4,6-7,14H,5H2,1H3,(H,13,15)/t6-,7+/m0/s1. The van der Waals surface area contributed by atoms with Crippen molar-refractivity contribution in [2.75, 3.05) is 7.11 Å². The van der Waals surface area contributed by atoms with Crippen LogP contribution in [0.2, 0.25) is 0 Å². The Morgan fingerprint density at radius 3 is 2.88 bits per heavy atom. The van der Waals surface area contributed by atoms with Crippen molar-refractivity contribution in [1.82, 2.24) is 5.32 Å². The molecule has 0 aromatic heterocycles. The Labute approximate surface area is 92.0 Å². The van der Waals surface area contributed by atoms with E-state index in [2.05, 4.69) is 5.32 Å². The number of nitrogens with one attached hydrogen (secondary N) is 1. The first kappa shape index (κ1) is 10.7. The summed E-state index contributed by atoms with van der Waals surface area (Å²) in [6, 6.07) is 4.09. The van der Waals surface area contributed by atoms with Crippen molar-refractivity contribution < 1.29 is 19.0 Å². The average molecular weight is 225 g/mol. The number of hydrogen-bond acceptors (Lipinski definition) is 3. The highest BCUT2D eigenvalue weighted by molar-refractivity contribution is 5.99. The van der Waals surface area contributed by atoms with E-state index in [4.69, 9.17) is 4.74 Å². The molecule has 0 bridgehead atoms. The number of amides is 1. The van der Waals surface area contributed by atoms with E-state index in [0.717, 1.165) is 0 Å². The molecule has 2 N–H and O–H groups in total. The van der Waals surface area contributed by atoms with Crippen molar-refractivity contribution in [2.45, 2.75) is 18.6 Å². The van der Waals surface area contributed by atoms with Gasteiger partial charge in [-0.2, -0.15) is 0 Å². The molecule has 1 fully saturated rings. The van der Waals surface area contributed by atoms with Crippen LogP contribution in [-0.2, 0) is 0 Å². The van der Waals surface area contributed by atoms with E-state index in [1.807, 2.05) is 0 Å². The second-order valence-electron chi connectivity index (χ2n) is 3.69. The Bertz CT molecular complexity index is 422. The summed E-state index contributed by atoms with van der Waals surface area (Å²) in [7, 11) is 1.40. The van der Waals surface area contributed by atoms with Crippen molar-refractivity contribution in [3.05, 3.63) is 23.8 Å².